The summed E-state index contributed by atoms with van der Waals surface area (Å²) in [6.45, 7) is 7.12. The summed E-state index contributed by atoms with van der Waals surface area (Å²) in [5, 5.41) is 0. The molecule has 4 heteroatoms. The Kier molecular flexibility index (Phi) is 3.84. The third kappa shape index (κ3) is 2.56. The topological polar surface area (TPSA) is 42.4 Å². The van der Waals surface area contributed by atoms with Gasteiger partial charge in [0.15, 0.2) is 0 Å². The molecule has 0 bridgehead atoms. The quantitative estimate of drug-likeness (QED) is 0.870. The van der Waals surface area contributed by atoms with Crippen molar-refractivity contribution in [3.63, 3.8) is 0 Å². The molecule has 0 spiro atoms. The number of para-hydroxylation sites is 1. The number of carbonyl (C=O) groups excluding carboxylic acids is 1. The number of benzene rings is 1. The zero-order valence-electron chi connectivity index (χ0n) is 13.2. The Morgan fingerprint density at radius 2 is 1.95 bits per heavy atom. The van der Waals surface area contributed by atoms with Crippen molar-refractivity contribution in [2.75, 3.05) is 6.61 Å². The summed E-state index contributed by atoms with van der Waals surface area (Å²) < 4.78 is 5.97. The van der Waals surface area contributed by atoms with Gasteiger partial charge in [0.1, 0.15) is 12.4 Å². The second-order valence-corrected chi connectivity index (χ2v) is 5.81. The van der Waals surface area contributed by atoms with E-state index in [9.17, 15) is 4.79 Å². The SMILES string of the molecule is Cc1cccc(C)c1OCC(C)N1Cc2ncccc2C1=O. The summed E-state index contributed by atoms with van der Waals surface area (Å²) in [6, 6.07) is 9.73. The van der Waals surface area contributed by atoms with Crippen LogP contribution in [0.15, 0.2) is 36.5 Å². The maximum Gasteiger partial charge on any atom is 0.256 e. The molecule has 1 atom stereocenters. The molecular formula is C18H20N2O2. The van der Waals surface area contributed by atoms with Crippen LogP contribution in [0.25, 0.3) is 0 Å². The minimum Gasteiger partial charge on any atom is -0.491 e. The van der Waals surface area contributed by atoms with Crippen molar-refractivity contribution in [3.8, 4) is 5.75 Å². The molecule has 2 aromatic rings. The Balaban J connectivity index is 1.69. The molecule has 0 N–H and O–H groups in total. The van der Waals surface area contributed by atoms with Crippen LogP contribution in [0.1, 0.15) is 34.1 Å². The lowest BCUT2D eigenvalue weighted by molar-refractivity contribution is 0.0659. The van der Waals surface area contributed by atoms with Gasteiger partial charge in [-0.1, -0.05) is 18.2 Å². The van der Waals surface area contributed by atoms with Crippen LogP contribution in [0, 0.1) is 13.8 Å². The highest BCUT2D eigenvalue weighted by atomic mass is 16.5. The van der Waals surface area contributed by atoms with E-state index in [-0.39, 0.29) is 11.9 Å². The minimum absolute atomic E-state index is 0.000654. The predicted molar refractivity (Wildman–Crippen MR) is 85.0 cm³/mol. The van der Waals surface area contributed by atoms with E-state index >= 15 is 0 Å². The van der Waals surface area contributed by atoms with Crippen LogP contribution in [0.4, 0.5) is 0 Å². The molecule has 0 radical (unpaired) electrons. The minimum atomic E-state index is 0.000654. The third-order valence-corrected chi connectivity index (χ3v) is 4.11. The molecule has 1 unspecified atom stereocenters. The molecule has 1 aromatic heterocycles. The van der Waals surface area contributed by atoms with Gasteiger partial charge in [-0.25, -0.2) is 0 Å². The first-order valence-electron chi connectivity index (χ1n) is 7.52. The van der Waals surface area contributed by atoms with Crippen LogP contribution >= 0.6 is 0 Å². The molecule has 114 valence electrons. The number of nitrogens with zero attached hydrogens (tertiary/aromatic N) is 2. The van der Waals surface area contributed by atoms with Crippen molar-refractivity contribution in [2.24, 2.45) is 0 Å². The fourth-order valence-corrected chi connectivity index (χ4v) is 2.82. The standard InChI is InChI=1S/C18H20N2O2/c1-12-6-4-7-13(2)17(12)22-11-14(3)20-10-16-15(18(20)21)8-5-9-19-16/h4-9,14H,10-11H2,1-3H3. The zero-order valence-corrected chi connectivity index (χ0v) is 13.2. The molecule has 22 heavy (non-hydrogen) atoms. The number of ether oxygens (including phenoxy) is 1. The normalized spacial score (nSPS) is 14.9. The maximum atomic E-state index is 12.4. The number of rotatable bonds is 4. The first-order valence-corrected chi connectivity index (χ1v) is 7.52. The van der Waals surface area contributed by atoms with Gasteiger partial charge in [-0.15, -0.1) is 0 Å². The van der Waals surface area contributed by atoms with Crippen molar-refractivity contribution in [1.82, 2.24) is 9.88 Å². The Morgan fingerprint density at radius 3 is 2.64 bits per heavy atom. The molecule has 2 heterocycles. The van der Waals surface area contributed by atoms with Gasteiger partial charge in [0.25, 0.3) is 5.91 Å². The van der Waals surface area contributed by atoms with E-state index in [4.69, 9.17) is 4.74 Å². The smallest absolute Gasteiger partial charge is 0.256 e. The molecule has 0 saturated carbocycles. The first-order chi connectivity index (χ1) is 10.6. The number of fused-ring (bicyclic) bond motifs is 1. The Labute approximate surface area is 130 Å². The molecule has 4 nitrogen and oxygen atoms in total. The average Bonchev–Trinajstić information content (AvgIpc) is 2.84. The van der Waals surface area contributed by atoms with Crippen molar-refractivity contribution < 1.29 is 9.53 Å². The Hall–Kier alpha value is -2.36. The number of hydrogen-bond donors (Lipinski definition) is 0. The van der Waals surface area contributed by atoms with Gasteiger partial charge >= 0.3 is 0 Å². The number of aromatic nitrogens is 1. The molecular weight excluding hydrogens is 276 g/mol. The van der Waals surface area contributed by atoms with Crippen LogP contribution in [-0.4, -0.2) is 28.4 Å². The molecule has 3 rings (SSSR count). The molecule has 1 aromatic carbocycles. The van der Waals surface area contributed by atoms with E-state index in [1.54, 1.807) is 12.3 Å². The highest BCUT2D eigenvalue weighted by molar-refractivity contribution is 5.97. The van der Waals surface area contributed by atoms with E-state index in [0.717, 1.165) is 22.6 Å². The Bertz CT molecular complexity index is 692. The summed E-state index contributed by atoms with van der Waals surface area (Å²) in [7, 11) is 0. The van der Waals surface area contributed by atoms with Gasteiger partial charge in [-0.2, -0.15) is 0 Å². The van der Waals surface area contributed by atoms with E-state index in [0.29, 0.717) is 18.7 Å². The molecule has 1 aliphatic rings. The lowest BCUT2D eigenvalue weighted by Crippen LogP contribution is -2.37. The van der Waals surface area contributed by atoms with Gasteiger partial charge < -0.3 is 9.64 Å². The summed E-state index contributed by atoms with van der Waals surface area (Å²) >= 11 is 0. The van der Waals surface area contributed by atoms with Crippen LogP contribution in [0.5, 0.6) is 5.75 Å². The number of hydrogen-bond acceptors (Lipinski definition) is 3. The number of amides is 1. The van der Waals surface area contributed by atoms with Gasteiger partial charge in [0, 0.05) is 6.20 Å². The van der Waals surface area contributed by atoms with Crippen LogP contribution in [-0.2, 0) is 6.54 Å². The van der Waals surface area contributed by atoms with Gasteiger partial charge in [0.05, 0.1) is 23.8 Å². The van der Waals surface area contributed by atoms with Gasteiger partial charge in [-0.3, -0.25) is 9.78 Å². The van der Waals surface area contributed by atoms with Crippen molar-refractivity contribution in [1.29, 1.82) is 0 Å². The summed E-state index contributed by atoms with van der Waals surface area (Å²) in [6.07, 6.45) is 1.73. The zero-order chi connectivity index (χ0) is 15.7. The summed E-state index contributed by atoms with van der Waals surface area (Å²) in [5.74, 6) is 0.956. The third-order valence-electron chi connectivity index (χ3n) is 4.11. The lowest BCUT2D eigenvalue weighted by Gasteiger charge is -2.25. The highest BCUT2D eigenvalue weighted by Gasteiger charge is 2.31. The monoisotopic (exact) mass is 296 g/mol. The van der Waals surface area contributed by atoms with E-state index in [1.807, 2.05) is 49.9 Å². The number of carbonyl (C=O) groups is 1. The van der Waals surface area contributed by atoms with Crippen molar-refractivity contribution in [3.05, 3.63) is 58.9 Å². The van der Waals surface area contributed by atoms with Crippen LogP contribution in [0.2, 0.25) is 0 Å². The molecule has 0 aliphatic carbocycles. The van der Waals surface area contributed by atoms with Crippen molar-refractivity contribution in [2.45, 2.75) is 33.4 Å². The second-order valence-electron chi connectivity index (χ2n) is 5.81. The van der Waals surface area contributed by atoms with Crippen LogP contribution in [0.3, 0.4) is 0 Å². The highest BCUT2D eigenvalue weighted by Crippen LogP contribution is 2.25. The largest absolute Gasteiger partial charge is 0.491 e. The van der Waals surface area contributed by atoms with E-state index in [2.05, 4.69) is 4.98 Å². The van der Waals surface area contributed by atoms with E-state index in [1.165, 1.54) is 0 Å². The molecule has 1 aliphatic heterocycles. The second kappa shape index (κ2) is 5.79. The molecule has 1 amide bonds. The maximum absolute atomic E-state index is 12.4. The van der Waals surface area contributed by atoms with E-state index < -0.39 is 0 Å². The fraction of sp³-hybridized carbons (Fsp3) is 0.333. The van der Waals surface area contributed by atoms with Gasteiger partial charge in [0.2, 0.25) is 0 Å². The lowest BCUT2D eigenvalue weighted by atomic mass is 10.1. The first kappa shape index (κ1) is 14.6. The van der Waals surface area contributed by atoms with Crippen LogP contribution < -0.4 is 4.74 Å². The van der Waals surface area contributed by atoms with Crippen molar-refractivity contribution >= 4 is 5.91 Å². The number of pyridine rings is 1. The Morgan fingerprint density at radius 1 is 1.23 bits per heavy atom. The summed E-state index contributed by atoms with van der Waals surface area (Å²) in [5.41, 5.74) is 3.79. The fourth-order valence-electron chi connectivity index (χ4n) is 2.82. The molecule has 0 fully saturated rings. The number of aryl methyl sites for hydroxylation is 2. The molecule has 0 saturated heterocycles. The van der Waals surface area contributed by atoms with Gasteiger partial charge in [-0.05, 0) is 44.0 Å². The summed E-state index contributed by atoms with van der Waals surface area (Å²) in [4.78, 5) is 18.5. The average molecular weight is 296 g/mol. The predicted octanol–water partition coefficient (Wildman–Crippen LogP) is 3.12.